The van der Waals surface area contributed by atoms with Gasteiger partial charge in [0.2, 0.25) is 5.91 Å². The van der Waals surface area contributed by atoms with Gasteiger partial charge < -0.3 is 15.5 Å². The summed E-state index contributed by atoms with van der Waals surface area (Å²) in [5.41, 5.74) is 0. The number of hydrogen-bond donors (Lipinski definition) is 3. The van der Waals surface area contributed by atoms with Crippen molar-refractivity contribution in [3.8, 4) is 0 Å². The van der Waals surface area contributed by atoms with Crippen molar-refractivity contribution in [2.24, 2.45) is 0 Å². The molecule has 0 aromatic carbocycles. The molecule has 0 spiro atoms. The Balaban J connectivity index is 3.51. The lowest BCUT2D eigenvalue weighted by molar-refractivity contribution is -0.123. The van der Waals surface area contributed by atoms with E-state index in [4.69, 9.17) is 0 Å². The van der Waals surface area contributed by atoms with Crippen LogP contribution in [0.25, 0.3) is 0 Å². The fraction of sp³-hybridized carbons (Fsp3) is 0.971. The SMILES string of the molecule is CCCCCCCCCCCCCCCCCCC[C@@H](O)[C@H](CO)NC(=O)CCCCCCCCCCC. The van der Waals surface area contributed by atoms with Gasteiger partial charge in [-0.1, -0.05) is 174 Å². The van der Waals surface area contributed by atoms with E-state index in [1.165, 1.54) is 141 Å². The van der Waals surface area contributed by atoms with E-state index in [0.717, 1.165) is 25.7 Å². The van der Waals surface area contributed by atoms with E-state index < -0.39 is 12.1 Å². The van der Waals surface area contributed by atoms with Crippen molar-refractivity contribution in [1.82, 2.24) is 5.32 Å². The summed E-state index contributed by atoms with van der Waals surface area (Å²) in [6.45, 7) is 4.33. The summed E-state index contributed by atoms with van der Waals surface area (Å²) < 4.78 is 0. The minimum atomic E-state index is -0.650. The second-order valence-corrected chi connectivity index (χ2v) is 11.9. The lowest BCUT2D eigenvalue weighted by Crippen LogP contribution is -2.45. The minimum Gasteiger partial charge on any atom is -0.394 e. The number of aliphatic hydroxyl groups is 2. The number of carbonyl (C=O) groups is 1. The average Bonchev–Trinajstić information content (AvgIpc) is 2.92. The highest BCUT2D eigenvalue weighted by atomic mass is 16.3. The van der Waals surface area contributed by atoms with E-state index >= 15 is 0 Å². The van der Waals surface area contributed by atoms with Gasteiger partial charge in [-0.3, -0.25) is 4.79 Å². The van der Waals surface area contributed by atoms with Crippen LogP contribution in [0.5, 0.6) is 0 Å². The highest BCUT2D eigenvalue weighted by Crippen LogP contribution is 2.15. The zero-order valence-corrected chi connectivity index (χ0v) is 26.0. The predicted octanol–water partition coefficient (Wildman–Crippen LogP) is 9.79. The van der Waals surface area contributed by atoms with E-state index in [1.54, 1.807) is 0 Å². The normalized spacial score (nSPS) is 13.1. The number of carbonyl (C=O) groups excluding carboxylic acids is 1. The molecule has 0 aromatic rings. The van der Waals surface area contributed by atoms with Crippen LogP contribution in [0, 0.1) is 0 Å². The molecule has 0 saturated carbocycles. The molecule has 0 rings (SSSR count). The number of unbranched alkanes of at least 4 members (excludes halogenated alkanes) is 24. The zero-order valence-electron chi connectivity index (χ0n) is 26.0. The molecule has 4 heteroatoms. The molecule has 0 aliphatic heterocycles. The van der Waals surface area contributed by atoms with Crippen molar-refractivity contribution in [2.75, 3.05) is 6.61 Å². The molecule has 0 aliphatic carbocycles. The molecule has 0 radical (unpaired) electrons. The van der Waals surface area contributed by atoms with Crippen molar-refractivity contribution >= 4 is 5.91 Å². The first-order valence-corrected chi connectivity index (χ1v) is 17.2. The van der Waals surface area contributed by atoms with Gasteiger partial charge in [0.25, 0.3) is 0 Å². The molecule has 2 atom stereocenters. The summed E-state index contributed by atoms with van der Waals surface area (Å²) >= 11 is 0. The lowest BCUT2D eigenvalue weighted by atomic mass is 10.0. The molecule has 0 bridgehead atoms. The van der Waals surface area contributed by atoms with Crippen molar-refractivity contribution in [3.05, 3.63) is 0 Å². The summed E-state index contributed by atoms with van der Waals surface area (Å²) in [7, 11) is 0. The highest BCUT2D eigenvalue weighted by Gasteiger charge is 2.19. The lowest BCUT2D eigenvalue weighted by Gasteiger charge is -2.22. The number of nitrogens with one attached hydrogen (secondary N) is 1. The Bertz CT molecular complexity index is 471. The van der Waals surface area contributed by atoms with Crippen molar-refractivity contribution in [3.63, 3.8) is 0 Å². The van der Waals surface area contributed by atoms with E-state index in [1.807, 2.05) is 0 Å². The van der Waals surface area contributed by atoms with Gasteiger partial charge in [-0.15, -0.1) is 0 Å². The maximum atomic E-state index is 12.2. The van der Waals surface area contributed by atoms with E-state index in [9.17, 15) is 15.0 Å². The molecule has 0 aliphatic rings. The third-order valence-corrected chi connectivity index (χ3v) is 8.12. The van der Waals surface area contributed by atoms with Gasteiger partial charge in [0.05, 0.1) is 18.8 Å². The molecule has 228 valence electrons. The molecule has 0 fully saturated rings. The summed E-state index contributed by atoms with van der Waals surface area (Å²) in [5, 5.41) is 22.9. The summed E-state index contributed by atoms with van der Waals surface area (Å²) in [6, 6.07) is -0.526. The number of amides is 1. The van der Waals surface area contributed by atoms with Gasteiger partial charge >= 0.3 is 0 Å². The number of rotatable bonds is 31. The summed E-state index contributed by atoms with van der Waals surface area (Å²) in [4.78, 5) is 12.2. The third kappa shape index (κ3) is 27.0. The average molecular weight is 540 g/mol. The Morgan fingerprint density at radius 3 is 1.18 bits per heavy atom. The van der Waals surface area contributed by atoms with Crippen molar-refractivity contribution in [1.29, 1.82) is 0 Å². The second-order valence-electron chi connectivity index (χ2n) is 11.9. The Hall–Kier alpha value is -0.610. The van der Waals surface area contributed by atoms with Gasteiger partial charge in [-0.05, 0) is 12.8 Å². The summed E-state index contributed by atoms with van der Waals surface area (Å²) in [5.74, 6) is -0.0338. The van der Waals surface area contributed by atoms with Crippen LogP contribution in [0.15, 0.2) is 0 Å². The fourth-order valence-electron chi connectivity index (χ4n) is 5.42. The van der Waals surface area contributed by atoms with Crippen LogP contribution in [0.3, 0.4) is 0 Å². The van der Waals surface area contributed by atoms with Gasteiger partial charge in [-0.25, -0.2) is 0 Å². The van der Waals surface area contributed by atoms with Crippen LogP contribution < -0.4 is 5.32 Å². The first-order valence-electron chi connectivity index (χ1n) is 17.2. The number of aliphatic hydroxyl groups excluding tert-OH is 2. The van der Waals surface area contributed by atoms with E-state index in [-0.39, 0.29) is 12.5 Å². The summed E-state index contributed by atoms with van der Waals surface area (Å²) in [6.07, 6.45) is 34.4. The number of hydrogen-bond acceptors (Lipinski definition) is 3. The predicted molar refractivity (Wildman–Crippen MR) is 166 cm³/mol. The minimum absolute atomic E-state index is 0.0338. The Kier molecular flexibility index (Phi) is 30.4. The van der Waals surface area contributed by atoms with E-state index in [0.29, 0.717) is 12.8 Å². The highest BCUT2D eigenvalue weighted by molar-refractivity contribution is 5.76. The molecule has 0 saturated heterocycles. The molecule has 3 N–H and O–H groups in total. The maximum Gasteiger partial charge on any atom is 0.220 e. The van der Waals surface area contributed by atoms with Crippen LogP contribution in [-0.4, -0.2) is 34.9 Å². The maximum absolute atomic E-state index is 12.2. The van der Waals surface area contributed by atoms with E-state index in [2.05, 4.69) is 19.2 Å². The molecule has 0 aromatic heterocycles. The van der Waals surface area contributed by atoms with Gasteiger partial charge in [0, 0.05) is 6.42 Å². The van der Waals surface area contributed by atoms with Gasteiger partial charge in [-0.2, -0.15) is 0 Å². The molecule has 0 heterocycles. The zero-order chi connectivity index (χ0) is 27.9. The topological polar surface area (TPSA) is 69.6 Å². The van der Waals surface area contributed by atoms with Crippen LogP contribution in [0.4, 0.5) is 0 Å². The van der Waals surface area contributed by atoms with Crippen LogP contribution in [0.2, 0.25) is 0 Å². The molecular formula is C34H69NO3. The first kappa shape index (κ1) is 37.4. The van der Waals surface area contributed by atoms with Crippen molar-refractivity contribution in [2.45, 2.75) is 206 Å². The van der Waals surface area contributed by atoms with Gasteiger partial charge in [0.1, 0.15) is 0 Å². The van der Waals surface area contributed by atoms with Crippen molar-refractivity contribution < 1.29 is 15.0 Å². The molecular weight excluding hydrogens is 470 g/mol. The second kappa shape index (κ2) is 30.9. The first-order chi connectivity index (χ1) is 18.7. The molecule has 38 heavy (non-hydrogen) atoms. The molecule has 1 amide bonds. The van der Waals surface area contributed by atoms with Crippen LogP contribution in [-0.2, 0) is 4.79 Å². The smallest absolute Gasteiger partial charge is 0.220 e. The monoisotopic (exact) mass is 540 g/mol. The third-order valence-electron chi connectivity index (χ3n) is 8.12. The van der Waals surface area contributed by atoms with Crippen LogP contribution >= 0.6 is 0 Å². The largest absolute Gasteiger partial charge is 0.394 e. The molecule has 0 unspecified atom stereocenters. The van der Waals surface area contributed by atoms with Crippen LogP contribution in [0.1, 0.15) is 194 Å². The Labute approximate surface area is 238 Å². The van der Waals surface area contributed by atoms with Gasteiger partial charge in [0.15, 0.2) is 0 Å². The Morgan fingerprint density at radius 1 is 0.526 bits per heavy atom. The molecule has 4 nitrogen and oxygen atoms in total. The quantitative estimate of drug-likeness (QED) is 0.0768. The fourth-order valence-corrected chi connectivity index (χ4v) is 5.42. The Morgan fingerprint density at radius 2 is 0.842 bits per heavy atom. The standard InChI is InChI=1S/C34H69NO3/c1-3-5-7-9-11-13-14-15-16-17-18-19-20-22-23-25-27-29-33(37)32(31-36)35-34(38)30-28-26-24-21-12-10-8-6-4-2/h32-33,36-37H,3-31H2,1-2H3,(H,35,38)/t32-,33+/m0/s1.